The third-order valence-electron chi connectivity index (χ3n) is 1.85. The van der Waals surface area contributed by atoms with Gasteiger partial charge < -0.3 is 5.11 Å². The largest absolute Gasteiger partial charge is 0.391 e. The summed E-state index contributed by atoms with van der Waals surface area (Å²) in [6.07, 6.45) is 0. The van der Waals surface area contributed by atoms with Crippen LogP contribution in [-0.4, -0.2) is 5.11 Å². The number of aliphatic hydroxyl groups is 1. The van der Waals surface area contributed by atoms with Crippen LogP contribution < -0.4 is 0 Å². The van der Waals surface area contributed by atoms with Crippen LogP contribution in [0.5, 0.6) is 0 Å². The average Bonchev–Trinajstić information content (AvgIpc) is 2.58. The normalized spacial score (nSPS) is 10.2. The van der Waals surface area contributed by atoms with Gasteiger partial charge in [0.05, 0.1) is 18.2 Å². The lowest BCUT2D eigenvalue weighted by Gasteiger charge is -1.87. The summed E-state index contributed by atoms with van der Waals surface area (Å²) in [7, 11) is 0. The molecule has 0 bridgehead atoms. The van der Waals surface area contributed by atoms with E-state index in [1.54, 1.807) is 17.4 Å². The SMILES string of the molecule is N#Cc1ccc2sc(CO)cc2c1. The van der Waals surface area contributed by atoms with Crippen molar-refractivity contribution < 1.29 is 5.11 Å². The molecule has 2 nitrogen and oxygen atoms in total. The molecule has 2 rings (SSSR count). The van der Waals surface area contributed by atoms with Crippen molar-refractivity contribution in [2.24, 2.45) is 0 Å². The fraction of sp³-hybridized carbons (Fsp3) is 0.100. The van der Waals surface area contributed by atoms with Crippen LogP contribution in [0.4, 0.5) is 0 Å². The first kappa shape index (κ1) is 8.24. The molecule has 0 fully saturated rings. The molecule has 1 heterocycles. The maximum absolute atomic E-state index is 8.91. The van der Waals surface area contributed by atoms with Gasteiger partial charge in [-0.15, -0.1) is 11.3 Å². The van der Waals surface area contributed by atoms with E-state index in [9.17, 15) is 0 Å². The number of nitrogens with zero attached hydrogens (tertiary/aromatic N) is 1. The highest BCUT2D eigenvalue weighted by Crippen LogP contribution is 2.26. The minimum atomic E-state index is 0.0707. The summed E-state index contributed by atoms with van der Waals surface area (Å²) in [5.41, 5.74) is 0.662. The van der Waals surface area contributed by atoms with E-state index in [1.807, 2.05) is 18.2 Å². The number of aliphatic hydroxyl groups excluding tert-OH is 1. The van der Waals surface area contributed by atoms with Crippen LogP contribution >= 0.6 is 11.3 Å². The molecule has 0 atom stereocenters. The minimum Gasteiger partial charge on any atom is -0.391 e. The number of hydrogen-bond acceptors (Lipinski definition) is 3. The average molecular weight is 189 g/mol. The van der Waals surface area contributed by atoms with E-state index in [1.165, 1.54) is 0 Å². The molecule has 0 aliphatic rings. The predicted octanol–water partition coefficient (Wildman–Crippen LogP) is 2.27. The maximum atomic E-state index is 8.91. The first-order valence-corrected chi connectivity index (χ1v) is 4.68. The van der Waals surface area contributed by atoms with Crippen molar-refractivity contribution in [3.05, 3.63) is 34.7 Å². The number of hydrogen-bond donors (Lipinski definition) is 1. The zero-order valence-corrected chi connectivity index (χ0v) is 7.64. The zero-order valence-electron chi connectivity index (χ0n) is 6.82. The summed E-state index contributed by atoms with van der Waals surface area (Å²) < 4.78 is 1.11. The summed E-state index contributed by atoms with van der Waals surface area (Å²) in [5.74, 6) is 0. The topological polar surface area (TPSA) is 44.0 Å². The lowest BCUT2D eigenvalue weighted by molar-refractivity contribution is 0.285. The molecule has 0 spiro atoms. The van der Waals surface area contributed by atoms with Gasteiger partial charge in [0.1, 0.15) is 0 Å². The van der Waals surface area contributed by atoms with Crippen molar-refractivity contribution in [3.8, 4) is 6.07 Å². The molecule has 2 aromatic rings. The molecule has 1 aromatic carbocycles. The molecule has 64 valence electrons. The second-order valence-electron chi connectivity index (χ2n) is 2.74. The number of fused-ring (bicyclic) bond motifs is 1. The van der Waals surface area contributed by atoms with Crippen LogP contribution in [0.25, 0.3) is 10.1 Å². The summed E-state index contributed by atoms with van der Waals surface area (Å²) in [4.78, 5) is 0.935. The Hall–Kier alpha value is -1.37. The second-order valence-corrected chi connectivity index (χ2v) is 3.90. The Morgan fingerprint density at radius 3 is 2.92 bits per heavy atom. The van der Waals surface area contributed by atoms with Crippen molar-refractivity contribution in [2.75, 3.05) is 0 Å². The van der Waals surface area contributed by atoms with E-state index in [0.29, 0.717) is 5.56 Å². The van der Waals surface area contributed by atoms with Crippen LogP contribution in [0.2, 0.25) is 0 Å². The van der Waals surface area contributed by atoms with Crippen LogP contribution in [0.3, 0.4) is 0 Å². The Bertz CT molecular complexity index is 481. The molecular formula is C10H7NOS. The molecule has 1 N–H and O–H groups in total. The first-order chi connectivity index (χ1) is 6.33. The number of rotatable bonds is 1. The molecule has 0 saturated carbocycles. The Kier molecular flexibility index (Phi) is 2.01. The maximum Gasteiger partial charge on any atom is 0.0991 e. The second kappa shape index (κ2) is 3.17. The molecule has 0 amide bonds. The van der Waals surface area contributed by atoms with Gasteiger partial charge in [0.2, 0.25) is 0 Å². The summed E-state index contributed by atoms with van der Waals surface area (Å²) in [6.45, 7) is 0.0707. The molecule has 0 aliphatic heterocycles. The highest BCUT2D eigenvalue weighted by atomic mass is 32.1. The fourth-order valence-corrected chi connectivity index (χ4v) is 2.15. The van der Waals surface area contributed by atoms with Crippen LogP contribution in [0.15, 0.2) is 24.3 Å². The standard InChI is InChI=1S/C10H7NOS/c11-5-7-1-2-10-8(3-7)4-9(6-12)13-10/h1-4,12H,6H2. The Morgan fingerprint density at radius 1 is 1.38 bits per heavy atom. The lowest BCUT2D eigenvalue weighted by atomic mass is 10.2. The Morgan fingerprint density at radius 2 is 2.23 bits per heavy atom. The van der Waals surface area contributed by atoms with Crippen molar-refractivity contribution in [2.45, 2.75) is 6.61 Å². The van der Waals surface area contributed by atoms with E-state index in [0.717, 1.165) is 15.0 Å². The molecule has 0 saturated heterocycles. The molecule has 13 heavy (non-hydrogen) atoms. The molecular weight excluding hydrogens is 182 g/mol. The van der Waals surface area contributed by atoms with Gasteiger partial charge in [0, 0.05) is 9.58 Å². The van der Waals surface area contributed by atoms with Crippen molar-refractivity contribution in [1.82, 2.24) is 0 Å². The van der Waals surface area contributed by atoms with Gasteiger partial charge in [-0.2, -0.15) is 5.26 Å². The lowest BCUT2D eigenvalue weighted by Crippen LogP contribution is -1.71. The fourth-order valence-electron chi connectivity index (χ4n) is 1.25. The Balaban J connectivity index is 2.65. The quantitative estimate of drug-likeness (QED) is 0.747. The monoisotopic (exact) mass is 189 g/mol. The molecule has 3 heteroatoms. The molecule has 0 unspecified atom stereocenters. The summed E-state index contributed by atoms with van der Waals surface area (Å²) >= 11 is 1.56. The van der Waals surface area contributed by atoms with Gasteiger partial charge >= 0.3 is 0 Å². The number of benzene rings is 1. The summed E-state index contributed by atoms with van der Waals surface area (Å²) in [6, 6.07) is 9.55. The van der Waals surface area contributed by atoms with Gasteiger partial charge in [0.15, 0.2) is 0 Å². The Labute approximate surface area is 79.7 Å². The minimum absolute atomic E-state index is 0.0707. The molecule has 0 radical (unpaired) electrons. The van der Waals surface area contributed by atoms with Crippen molar-refractivity contribution in [3.63, 3.8) is 0 Å². The van der Waals surface area contributed by atoms with E-state index in [-0.39, 0.29) is 6.61 Å². The van der Waals surface area contributed by atoms with Crippen LogP contribution in [0, 0.1) is 11.3 Å². The van der Waals surface area contributed by atoms with E-state index >= 15 is 0 Å². The van der Waals surface area contributed by atoms with Crippen molar-refractivity contribution >= 4 is 21.4 Å². The third kappa shape index (κ3) is 1.42. The molecule has 1 aromatic heterocycles. The van der Waals surface area contributed by atoms with Crippen LogP contribution in [0.1, 0.15) is 10.4 Å². The highest BCUT2D eigenvalue weighted by molar-refractivity contribution is 7.19. The van der Waals surface area contributed by atoms with Gasteiger partial charge in [-0.25, -0.2) is 0 Å². The first-order valence-electron chi connectivity index (χ1n) is 3.87. The van der Waals surface area contributed by atoms with E-state index < -0.39 is 0 Å². The van der Waals surface area contributed by atoms with Gasteiger partial charge in [0.25, 0.3) is 0 Å². The molecule has 0 aliphatic carbocycles. The number of nitriles is 1. The summed E-state index contributed by atoms with van der Waals surface area (Å²) in [5, 5.41) is 18.6. The highest BCUT2D eigenvalue weighted by Gasteiger charge is 2.01. The zero-order chi connectivity index (χ0) is 9.26. The van der Waals surface area contributed by atoms with Crippen LogP contribution in [-0.2, 0) is 6.61 Å². The number of thiophene rings is 1. The third-order valence-corrected chi connectivity index (χ3v) is 2.95. The van der Waals surface area contributed by atoms with Gasteiger partial charge in [-0.05, 0) is 29.7 Å². The van der Waals surface area contributed by atoms with E-state index in [2.05, 4.69) is 6.07 Å². The van der Waals surface area contributed by atoms with Gasteiger partial charge in [-0.1, -0.05) is 0 Å². The smallest absolute Gasteiger partial charge is 0.0991 e. The predicted molar refractivity (Wildman–Crippen MR) is 52.5 cm³/mol. The van der Waals surface area contributed by atoms with E-state index in [4.69, 9.17) is 10.4 Å². The van der Waals surface area contributed by atoms with Crippen molar-refractivity contribution in [1.29, 1.82) is 5.26 Å². The van der Waals surface area contributed by atoms with Gasteiger partial charge in [-0.3, -0.25) is 0 Å².